The first-order valence-corrected chi connectivity index (χ1v) is 5.10. The van der Waals surface area contributed by atoms with E-state index in [0.717, 1.165) is 24.3 Å². The number of likely N-dealkylation sites (N-methyl/N-ethyl adjacent to an activating group) is 1. The Morgan fingerprint density at radius 1 is 1.40 bits per heavy atom. The van der Waals surface area contributed by atoms with Gasteiger partial charge in [0.15, 0.2) is 0 Å². The first-order valence-electron chi connectivity index (χ1n) is 5.10. The van der Waals surface area contributed by atoms with Crippen LogP contribution in [0.15, 0.2) is 18.2 Å². The van der Waals surface area contributed by atoms with Gasteiger partial charge in [-0.05, 0) is 37.6 Å². The lowest BCUT2D eigenvalue weighted by Gasteiger charge is -2.13. The number of hydrogen-bond acceptors (Lipinski definition) is 3. The van der Waals surface area contributed by atoms with Crippen LogP contribution in [0.2, 0.25) is 0 Å². The van der Waals surface area contributed by atoms with Crippen LogP contribution in [0.1, 0.15) is 11.1 Å². The first-order chi connectivity index (χ1) is 7.17. The number of aliphatic hydroxyl groups excluding tert-OH is 1. The van der Waals surface area contributed by atoms with E-state index in [1.54, 1.807) is 7.11 Å². The molecule has 0 spiro atoms. The van der Waals surface area contributed by atoms with Gasteiger partial charge in [0.1, 0.15) is 5.75 Å². The third-order valence-electron chi connectivity index (χ3n) is 2.48. The average Bonchev–Trinajstić information content (AvgIpc) is 2.26. The fourth-order valence-corrected chi connectivity index (χ4v) is 1.49. The largest absolute Gasteiger partial charge is 0.496 e. The van der Waals surface area contributed by atoms with Crippen LogP contribution >= 0.6 is 0 Å². The number of aliphatic hydroxyl groups is 1. The van der Waals surface area contributed by atoms with Crippen molar-refractivity contribution < 1.29 is 9.84 Å². The van der Waals surface area contributed by atoms with Crippen LogP contribution in [0.25, 0.3) is 0 Å². The Balaban J connectivity index is 2.59. The van der Waals surface area contributed by atoms with Gasteiger partial charge in [-0.2, -0.15) is 0 Å². The Morgan fingerprint density at radius 2 is 2.13 bits per heavy atom. The molecule has 0 aromatic heterocycles. The second-order valence-electron chi connectivity index (χ2n) is 3.78. The predicted molar refractivity (Wildman–Crippen MR) is 61.2 cm³/mol. The molecule has 0 fully saturated rings. The Labute approximate surface area is 91.3 Å². The van der Waals surface area contributed by atoms with E-state index in [9.17, 15) is 0 Å². The lowest BCUT2D eigenvalue weighted by atomic mass is 10.1. The van der Waals surface area contributed by atoms with E-state index < -0.39 is 0 Å². The normalized spacial score (nSPS) is 10.7. The summed E-state index contributed by atoms with van der Waals surface area (Å²) in [5.41, 5.74) is 2.43. The Hall–Kier alpha value is -1.06. The number of aryl methyl sites for hydroxylation is 1. The molecular weight excluding hydrogens is 190 g/mol. The Bertz CT molecular complexity index is 312. The van der Waals surface area contributed by atoms with Gasteiger partial charge in [-0.3, -0.25) is 4.90 Å². The van der Waals surface area contributed by atoms with Gasteiger partial charge in [0.05, 0.1) is 13.8 Å². The van der Waals surface area contributed by atoms with Crippen LogP contribution in [-0.2, 0) is 6.42 Å². The highest BCUT2D eigenvalue weighted by atomic mass is 16.5. The molecule has 0 atom stereocenters. The molecule has 3 nitrogen and oxygen atoms in total. The lowest BCUT2D eigenvalue weighted by Crippen LogP contribution is -2.21. The summed E-state index contributed by atoms with van der Waals surface area (Å²) in [6.07, 6.45) is 0.946. The quantitative estimate of drug-likeness (QED) is 0.745. The zero-order valence-corrected chi connectivity index (χ0v) is 9.66. The van der Waals surface area contributed by atoms with Gasteiger partial charge in [0.2, 0.25) is 0 Å². The van der Waals surface area contributed by atoms with Gasteiger partial charge in [-0.15, -0.1) is 0 Å². The highest BCUT2D eigenvalue weighted by Crippen LogP contribution is 2.18. The highest BCUT2D eigenvalue weighted by Gasteiger charge is 2.01. The van der Waals surface area contributed by atoms with E-state index >= 15 is 0 Å². The second-order valence-corrected chi connectivity index (χ2v) is 3.78. The summed E-state index contributed by atoms with van der Waals surface area (Å²) in [6, 6.07) is 6.19. The van der Waals surface area contributed by atoms with Crippen LogP contribution in [-0.4, -0.2) is 37.4 Å². The van der Waals surface area contributed by atoms with Gasteiger partial charge in [0, 0.05) is 6.54 Å². The minimum absolute atomic E-state index is 0.106. The molecule has 0 saturated carbocycles. The summed E-state index contributed by atoms with van der Waals surface area (Å²) in [5, 5.41) is 8.86. The molecule has 15 heavy (non-hydrogen) atoms. The average molecular weight is 209 g/mol. The number of methoxy groups -OCH3 is 1. The van der Waals surface area contributed by atoms with E-state index in [1.165, 1.54) is 5.56 Å². The maximum atomic E-state index is 8.86. The molecule has 1 aromatic rings. The summed E-state index contributed by atoms with van der Waals surface area (Å²) >= 11 is 0. The minimum atomic E-state index is 0.106. The maximum Gasteiger partial charge on any atom is 0.121 e. The van der Waals surface area contributed by atoms with E-state index in [0.29, 0.717) is 0 Å². The summed E-state index contributed by atoms with van der Waals surface area (Å²) in [5.74, 6) is 0.925. The summed E-state index contributed by atoms with van der Waals surface area (Å²) in [4.78, 5) is 1.87. The van der Waals surface area contributed by atoms with Crippen LogP contribution in [0.4, 0.5) is 0 Å². The molecule has 0 aliphatic heterocycles. The van der Waals surface area contributed by atoms with Crippen molar-refractivity contribution >= 4 is 0 Å². The van der Waals surface area contributed by atoms with E-state index in [1.807, 2.05) is 24.9 Å². The van der Waals surface area contributed by atoms with E-state index in [4.69, 9.17) is 9.84 Å². The van der Waals surface area contributed by atoms with Gasteiger partial charge in [-0.25, -0.2) is 0 Å². The number of rotatable bonds is 5. The topological polar surface area (TPSA) is 32.7 Å². The third-order valence-corrected chi connectivity index (χ3v) is 2.48. The van der Waals surface area contributed by atoms with Crippen molar-refractivity contribution in [3.63, 3.8) is 0 Å². The van der Waals surface area contributed by atoms with Crippen molar-refractivity contribution in [3.05, 3.63) is 29.3 Å². The van der Waals surface area contributed by atoms with E-state index in [-0.39, 0.29) is 6.73 Å². The molecule has 0 aliphatic rings. The van der Waals surface area contributed by atoms with E-state index in [2.05, 4.69) is 12.1 Å². The molecule has 0 heterocycles. The fraction of sp³-hybridized carbons (Fsp3) is 0.500. The van der Waals surface area contributed by atoms with Crippen LogP contribution in [0.3, 0.4) is 0 Å². The SMILES string of the molecule is COc1ccc(CCN(C)CO)cc1C. The molecule has 0 aliphatic carbocycles. The molecule has 84 valence electrons. The monoisotopic (exact) mass is 209 g/mol. The van der Waals surface area contributed by atoms with Gasteiger partial charge in [-0.1, -0.05) is 12.1 Å². The van der Waals surface area contributed by atoms with Crippen molar-refractivity contribution in [2.24, 2.45) is 0 Å². The van der Waals surface area contributed by atoms with Gasteiger partial charge < -0.3 is 9.84 Å². The Morgan fingerprint density at radius 3 is 2.67 bits per heavy atom. The molecule has 0 saturated heterocycles. The number of benzene rings is 1. The molecule has 1 rings (SSSR count). The zero-order chi connectivity index (χ0) is 11.3. The predicted octanol–water partition coefficient (Wildman–Crippen LogP) is 1.43. The summed E-state index contributed by atoms with van der Waals surface area (Å²) in [7, 11) is 3.58. The lowest BCUT2D eigenvalue weighted by molar-refractivity contribution is 0.134. The van der Waals surface area contributed by atoms with Gasteiger partial charge in [0.25, 0.3) is 0 Å². The van der Waals surface area contributed by atoms with Crippen molar-refractivity contribution in [3.8, 4) is 5.75 Å². The second kappa shape index (κ2) is 5.73. The van der Waals surface area contributed by atoms with Crippen molar-refractivity contribution in [2.75, 3.05) is 27.4 Å². The van der Waals surface area contributed by atoms with Crippen molar-refractivity contribution in [1.29, 1.82) is 0 Å². The molecule has 0 unspecified atom stereocenters. The number of ether oxygens (including phenoxy) is 1. The van der Waals surface area contributed by atoms with Gasteiger partial charge >= 0.3 is 0 Å². The molecule has 1 N–H and O–H groups in total. The first kappa shape index (κ1) is 12.0. The van der Waals surface area contributed by atoms with Crippen molar-refractivity contribution in [2.45, 2.75) is 13.3 Å². The van der Waals surface area contributed by atoms with Crippen LogP contribution in [0, 0.1) is 6.92 Å². The minimum Gasteiger partial charge on any atom is -0.496 e. The zero-order valence-electron chi connectivity index (χ0n) is 9.66. The third kappa shape index (κ3) is 3.53. The molecule has 0 amide bonds. The molecule has 0 bridgehead atoms. The highest BCUT2D eigenvalue weighted by molar-refractivity contribution is 5.36. The van der Waals surface area contributed by atoms with Crippen LogP contribution < -0.4 is 4.74 Å². The molecule has 3 heteroatoms. The molecule has 0 radical (unpaired) electrons. The summed E-state index contributed by atoms with van der Waals surface area (Å²) in [6.45, 7) is 3.01. The fourth-order valence-electron chi connectivity index (χ4n) is 1.49. The summed E-state index contributed by atoms with van der Waals surface area (Å²) < 4.78 is 5.20. The molecular formula is C12H19NO2. The van der Waals surface area contributed by atoms with Crippen LogP contribution in [0.5, 0.6) is 5.75 Å². The number of nitrogens with zero attached hydrogens (tertiary/aromatic N) is 1. The standard InChI is InChI=1S/C12H19NO2/c1-10-8-11(4-5-12(10)15-3)6-7-13(2)9-14/h4-5,8,14H,6-7,9H2,1-3H3. The van der Waals surface area contributed by atoms with Crippen molar-refractivity contribution in [1.82, 2.24) is 4.90 Å². The smallest absolute Gasteiger partial charge is 0.121 e. The number of hydrogen-bond donors (Lipinski definition) is 1. The maximum absolute atomic E-state index is 8.86. The Kier molecular flexibility index (Phi) is 4.59. The molecule has 1 aromatic carbocycles.